The summed E-state index contributed by atoms with van der Waals surface area (Å²) in [7, 11) is 0. The monoisotopic (exact) mass is 243 g/mol. The van der Waals surface area contributed by atoms with E-state index in [9.17, 15) is 13.2 Å². The average molecular weight is 243 g/mol. The fraction of sp³-hybridized carbons (Fsp3) is 0.538. The standard InChI is InChI=1S/C13H16F3N/c14-11-6-10(7-12(15)13(11)16)8-17-5-4-9-2-1-3-9/h6-7,9,17H,1-5,8H2. The van der Waals surface area contributed by atoms with E-state index in [2.05, 4.69) is 5.32 Å². The molecule has 2 rings (SSSR count). The fourth-order valence-electron chi connectivity index (χ4n) is 2.03. The molecule has 0 spiro atoms. The summed E-state index contributed by atoms with van der Waals surface area (Å²) in [6, 6.07) is 2.07. The van der Waals surface area contributed by atoms with Crippen LogP contribution in [0.3, 0.4) is 0 Å². The van der Waals surface area contributed by atoms with E-state index in [4.69, 9.17) is 0 Å². The van der Waals surface area contributed by atoms with Crippen LogP contribution in [0.1, 0.15) is 31.2 Å². The van der Waals surface area contributed by atoms with E-state index in [1.165, 1.54) is 19.3 Å². The number of halogens is 3. The molecule has 1 aromatic carbocycles. The van der Waals surface area contributed by atoms with Gasteiger partial charge in [0.25, 0.3) is 0 Å². The van der Waals surface area contributed by atoms with Gasteiger partial charge in [-0.3, -0.25) is 0 Å². The predicted molar refractivity (Wildman–Crippen MR) is 60.0 cm³/mol. The van der Waals surface area contributed by atoms with E-state index in [1.54, 1.807) is 0 Å². The largest absolute Gasteiger partial charge is 0.313 e. The summed E-state index contributed by atoms with van der Waals surface area (Å²) in [6.45, 7) is 1.21. The van der Waals surface area contributed by atoms with Gasteiger partial charge in [-0.15, -0.1) is 0 Å². The number of hydrogen-bond donors (Lipinski definition) is 1. The highest BCUT2D eigenvalue weighted by molar-refractivity contribution is 5.19. The maximum atomic E-state index is 12.9. The third kappa shape index (κ3) is 3.22. The molecule has 1 fully saturated rings. The van der Waals surface area contributed by atoms with Gasteiger partial charge in [0.1, 0.15) is 0 Å². The van der Waals surface area contributed by atoms with E-state index in [1.807, 2.05) is 0 Å². The van der Waals surface area contributed by atoms with Gasteiger partial charge in [-0.05, 0) is 36.6 Å². The van der Waals surface area contributed by atoms with Crippen molar-refractivity contribution < 1.29 is 13.2 Å². The third-order valence-electron chi connectivity index (χ3n) is 3.33. The van der Waals surface area contributed by atoms with Gasteiger partial charge in [-0.1, -0.05) is 19.3 Å². The lowest BCUT2D eigenvalue weighted by molar-refractivity contribution is 0.292. The molecule has 0 aliphatic heterocycles. The molecule has 1 nitrogen and oxygen atoms in total. The number of rotatable bonds is 5. The van der Waals surface area contributed by atoms with Crippen molar-refractivity contribution in [3.05, 3.63) is 35.1 Å². The molecule has 94 valence electrons. The highest BCUT2D eigenvalue weighted by Crippen LogP contribution is 2.28. The quantitative estimate of drug-likeness (QED) is 0.617. The first-order valence-electron chi connectivity index (χ1n) is 6.01. The molecule has 1 aromatic rings. The zero-order chi connectivity index (χ0) is 12.3. The van der Waals surface area contributed by atoms with Gasteiger partial charge in [0.05, 0.1) is 0 Å². The van der Waals surface area contributed by atoms with E-state index in [-0.39, 0.29) is 0 Å². The molecule has 1 aliphatic carbocycles. The summed E-state index contributed by atoms with van der Waals surface area (Å²) < 4.78 is 38.5. The SMILES string of the molecule is Fc1cc(CNCCC2CCC2)cc(F)c1F. The molecular weight excluding hydrogens is 227 g/mol. The fourth-order valence-corrected chi connectivity index (χ4v) is 2.03. The molecule has 1 N–H and O–H groups in total. The Morgan fingerprint density at radius 2 is 1.76 bits per heavy atom. The molecule has 0 heterocycles. The highest BCUT2D eigenvalue weighted by atomic mass is 19.2. The first-order chi connectivity index (χ1) is 8.16. The van der Waals surface area contributed by atoms with Crippen molar-refractivity contribution in [3.8, 4) is 0 Å². The Hall–Kier alpha value is -1.03. The van der Waals surface area contributed by atoms with Crippen molar-refractivity contribution in [1.82, 2.24) is 5.32 Å². The van der Waals surface area contributed by atoms with Crippen LogP contribution in [0.25, 0.3) is 0 Å². The lowest BCUT2D eigenvalue weighted by Gasteiger charge is -2.25. The van der Waals surface area contributed by atoms with Gasteiger partial charge < -0.3 is 5.32 Å². The summed E-state index contributed by atoms with van der Waals surface area (Å²) in [5, 5.41) is 3.12. The van der Waals surface area contributed by atoms with Gasteiger partial charge >= 0.3 is 0 Å². The second-order valence-electron chi connectivity index (χ2n) is 4.64. The average Bonchev–Trinajstić information content (AvgIpc) is 2.23. The van der Waals surface area contributed by atoms with Gasteiger partial charge in [0.15, 0.2) is 17.5 Å². The smallest absolute Gasteiger partial charge is 0.194 e. The van der Waals surface area contributed by atoms with Crippen LogP contribution in [0, 0.1) is 23.4 Å². The minimum atomic E-state index is -1.40. The molecular formula is C13H16F3N. The second kappa shape index (κ2) is 5.54. The van der Waals surface area contributed by atoms with Gasteiger partial charge in [-0.25, -0.2) is 13.2 Å². The Morgan fingerprint density at radius 3 is 2.29 bits per heavy atom. The lowest BCUT2D eigenvalue weighted by Crippen LogP contribution is -2.21. The number of hydrogen-bond acceptors (Lipinski definition) is 1. The predicted octanol–water partition coefficient (Wildman–Crippen LogP) is 3.38. The lowest BCUT2D eigenvalue weighted by atomic mass is 9.83. The molecule has 1 saturated carbocycles. The zero-order valence-electron chi connectivity index (χ0n) is 9.61. The normalized spacial score (nSPS) is 15.9. The van der Waals surface area contributed by atoms with Crippen LogP contribution in [0.15, 0.2) is 12.1 Å². The zero-order valence-corrected chi connectivity index (χ0v) is 9.61. The van der Waals surface area contributed by atoms with Crippen molar-refractivity contribution >= 4 is 0 Å². The first-order valence-corrected chi connectivity index (χ1v) is 6.01. The molecule has 4 heteroatoms. The van der Waals surface area contributed by atoms with Crippen LogP contribution in [0.5, 0.6) is 0 Å². The summed E-state index contributed by atoms with van der Waals surface area (Å²) in [5.74, 6) is -2.84. The molecule has 0 bridgehead atoms. The minimum absolute atomic E-state index is 0.376. The van der Waals surface area contributed by atoms with Crippen LogP contribution in [0.2, 0.25) is 0 Å². The maximum absolute atomic E-state index is 12.9. The highest BCUT2D eigenvalue weighted by Gasteiger charge is 2.16. The summed E-state index contributed by atoms with van der Waals surface area (Å²) in [5.41, 5.74) is 0.440. The molecule has 0 atom stereocenters. The van der Waals surface area contributed by atoms with Crippen LogP contribution < -0.4 is 5.32 Å². The van der Waals surface area contributed by atoms with Crippen LogP contribution in [-0.2, 0) is 6.54 Å². The molecule has 0 radical (unpaired) electrons. The second-order valence-corrected chi connectivity index (χ2v) is 4.64. The minimum Gasteiger partial charge on any atom is -0.313 e. The van der Waals surface area contributed by atoms with E-state index < -0.39 is 17.5 Å². The Labute approximate surface area is 99.0 Å². The van der Waals surface area contributed by atoms with Crippen LogP contribution in [-0.4, -0.2) is 6.54 Å². The van der Waals surface area contributed by atoms with E-state index in [0.717, 1.165) is 31.0 Å². The van der Waals surface area contributed by atoms with Crippen molar-refractivity contribution in [2.24, 2.45) is 5.92 Å². The van der Waals surface area contributed by atoms with Gasteiger partial charge in [0, 0.05) is 6.54 Å². The molecule has 0 saturated heterocycles. The molecule has 0 unspecified atom stereocenters. The van der Waals surface area contributed by atoms with Gasteiger partial charge in [-0.2, -0.15) is 0 Å². The molecule has 17 heavy (non-hydrogen) atoms. The van der Waals surface area contributed by atoms with Crippen molar-refractivity contribution in [1.29, 1.82) is 0 Å². The Kier molecular flexibility index (Phi) is 4.05. The Bertz CT molecular complexity index is 365. The Balaban J connectivity index is 1.78. The van der Waals surface area contributed by atoms with E-state index in [0.29, 0.717) is 12.1 Å². The third-order valence-corrected chi connectivity index (χ3v) is 3.33. The number of nitrogens with one attached hydrogen (secondary N) is 1. The summed E-state index contributed by atoms with van der Waals surface area (Å²) >= 11 is 0. The van der Waals surface area contributed by atoms with Crippen molar-refractivity contribution in [3.63, 3.8) is 0 Å². The maximum Gasteiger partial charge on any atom is 0.194 e. The summed E-state index contributed by atoms with van der Waals surface area (Å²) in [6.07, 6.45) is 5.01. The van der Waals surface area contributed by atoms with Gasteiger partial charge in [0.2, 0.25) is 0 Å². The van der Waals surface area contributed by atoms with Crippen molar-refractivity contribution in [2.75, 3.05) is 6.54 Å². The van der Waals surface area contributed by atoms with Crippen LogP contribution in [0.4, 0.5) is 13.2 Å². The molecule has 0 aromatic heterocycles. The van der Waals surface area contributed by atoms with Crippen molar-refractivity contribution in [2.45, 2.75) is 32.2 Å². The molecule has 0 amide bonds. The summed E-state index contributed by atoms with van der Waals surface area (Å²) in [4.78, 5) is 0. The van der Waals surface area contributed by atoms with Crippen LogP contribution >= 0.6 is 0 Å². The number of benzene rings is 1. The van der Waals surface area contributed by atoms with E-state index >= 15 is 0 Å². The first kappa shape index (κ1) is 12.4. The molecule has 1 aliphatic rings. The Morgan fingerprint density at radius 1 is 1.12 bits per heavy atom. The topological polar surface area (TPSA) is 12.0 Å².